The lowest BCUT2D eigenvalue weighted by atomic mass is 10.1. The fourth-order valence-electron chi connectivity index (χ4n) is 3.25. The number of hydrogen-bond donors (Lipinski definition) is 0. The topological polar surface area (TPSA) is 75.0 Å². The standard InChI is InChI=1S/C22H19ClO6/c1-2-14-8-19-16(10-17(14)23)15(9-22(25)29-19)11-26-21(24)6-4-13-3-5-18-20(7-13)28-12-27-18/h3,5,7-10H,2,4,6,11-12H2,1H3. The predicted molar refractivity (Wildman–Crippen MR) is 108 cm³/mol. The molecule has 0 saturated carbocycles. The van der Waals surface area contributed by atoms with Gasteiger partial charge in [0.2, 0.25) is 6.79 Å². The largest absolute Gasteiger partial charge is 0.461 e. The van der Waals surface area contributed by atoms with Crippen molar-refractivity contribution in [3.8, 4) is 11.5 Å². The molecule has 1 aliphatic heterocycles. The van der Waals surface area contributed by atoms with Crippen molar-refractivity contribution < 1.29 is 23.4 Å². The van der Waals surface area contributed by atoms with Crippen molar-refractivity contribution in [3.05, 3.63) is 68.5 Å². The zero-order chi connectivity index (χ0) is 20.4. The van der Waals surface area contributed by atoms with E-state index in [4.69, 9.17) is 30.2 Å². The second-order valence-corrected chi connectivity index (χ2v) is 7.14. The Kier molecular flexibility index (Phi) is 5.45. The van der Waals surface area contributed by atoms with E-state index >= 15 is 0 Å². The average molecular weight is 415 g/mol. The first-order valence-electron chi connectivity index (χ1n) is 9.33. The molecule has 0 N–H and O–H groups in total. The fraction of sp³-hybridized carbons (Fsp3) is 0.273. The fourth-order valence-corrected chi connectivity index (χ4v) is 3.55. The second kappa shape index (κ2) is 8.17. The molecule has 0 spiro atoms. The summed E-state index contributed by atoms with van der Waals surface area (Å²) in [6, 6.07) is 10.4. The minimum Gasteiger partial charge on any atom is -0.461 e. The monoisotopic (exact) mass is 414 g/mol. The van der Waals surface area contributed by atoms with Crippen molar-refractivity contribution in [1.29, 1.82) is 0 Å². The van der Waals surface area contributed by atoms with Gasteiger partial charge in [-0.05, 0) is 48.2 Å². The molecule has 0 atom stereocenters. The number of aryl methyl sites for hydroxylation is 2. The Bertz CT molecular complexity index is 1130. The first-order valence-corrected chi connectivity index (χ1v) is 9.70. The molecular formula is C22H19ClO6. The van der Waals surface area contributed by atoms with E-state index in [1.54, 1.807) is 12.1 Å². The molecule has 0 bridgehead atoms. The number of hydrogen-bond acceptors (Lipinski definition) is 6. The number of ether oxygens (including phenoxy) is 3. The third-order valence-corrected chi connectivity index (χ3v) is 5.17. The van der Waals surface area contributed by atoms with Gasteiger partial charge in [-0.15, -0.1) is 0 Å². The number of esters is 1. The SMILES string of the molecule is CCc1cc2oc(=O)cc(COC(=O)CCc3ccc4c(c3)OCO4)c2cc1Cl. The normalized spacial score (nSPS) is 12.3. The molecule has 0 radical (unpaired) electrons. The molecule has 29 heavy (non-hydrogen) atoms. The number of carbonyl (C=O) groups is 1. The second-order valence-electron chi connectivity index (χ2n) is 6.73. The number of benzene rings is 2. The van der Waals surface area contributed by atoms with Crippen LogP contribution in [0.1, 0.15) is 30.0 Å². The van der Waals surface area contributed by atoms with Crippen molar-refractivity contribution in [2.45, 2.75) is 32.8 Å². The third-order valence-electron chi connectivity index (χ3n) is 4.82. The number of fused-ring (bicyclic) bond motifs is 2. The summed E-state index contributed by atoms with van der Waals surface area (Å²) in [5.41, 5.74) is 2.35. The van der Waals surface area contributed by atoms with E-state index in [1.807, 2.05) is 25.1 Å². The summed E-state index contributed by atoms with van der Waals surface area (Å²) in [4.78, 5) is 24.1. The lowest BCUT2D eigenvalue weighted by Crippen LogP contribution is -2.08. The highest BCUT2D eigenvalue weighted by atomic mass is 35.5. The molecule has 0 saturated heterocycles. The first-order chi connectivity index (χ1) is 14.0. The van der Waals surface area contributed by atoms with Gasteiger partial charge in [0.05, 0.1) is 0 Å². The van der Waals surface area contributed by atoms with E-state index in [0.29, 0.717) is 39.5 Å². The molecule has 150 valence electrons. The van der Waals surface area contributed by atoms with Gasteiger partial charge in [0.15, 0.2) is 11.5 Å². The van der Waals surface area contributed by atoms with Gasteiger partial charge >= 0.3 is 11.6 Å². The van der Waals surface area contributed by atoms with E-state index in [1.165, 1.54) is 6.07 Å². The molecule has 1 aromatic heterocycles. The van der Waals surface area contributed by atoms with Crippen LogP contribution in [0.25, 0.3) is 11.0 Å². The smallest absolute Gasteiger partial charge is 0.336 e. The van der Waals surface area contributed by atoms with Crippen LogP contribution in [0, 0.1) is 0 Å². The summed E-state index contributed by atoms with van der Waals surface area (Å²) in [6.45, 7) is 2.16. The molecule has 2 aromatic carbocycles. The minimum absolute atomic E-state index is 0.0239. The van der Waals surface area contributed by atoms with Crippen LogP contribution < -0.4 is 15.1 Å². The summed E-state index contributed by atoms with van der Waals surface area (Å²) >= 11 is 6.29. The molecule has 0 fully saturated rings. The summed E-state index contributed by atoms with van der Waals surface area (Å²) in [7, 11) is 0. The maximum atomic E-state index is 12.2. The number of halogens is 1. The Morgan fingerprint density at radius 1 is 1.10 bits per heavy atom. The summed E-state index contributed by atoms with van der Waals surface area (Å²) in [5, 5.41) is 1.25. The maximum absolute atomic E-state index is 12.2. The summed E-state index contributed by atoms with van der Waals surface area (Å²) < 4.78 is 21.3. The van der Waals surface area contributed by atoms with Gasteiger partial charge in [-0.2, -0.15) is 0 Å². The van der Waals surface area contributed by atoms with Gasteiger partial charge in [0, 0.05) is 28.5 Å². The van der Waals surface area contributed by atoms with Gasteiger partial charge in [-0.25, -0.2) is 4.79 Å². The molecule has 2 heterocycles. The van der Waals surface area contributed by atoms with Gasteiger partial charge in [-0.1, -0.05) is 24.6 Å². The third kappa shape index (κ3) is 4.22. The van der Waals surface area contributed by atoms with Crippen molar-refractivity contribution in [1.82, 2.24) is 0 Å². The van der Waals surface area contributed by atoms with Gasteiger partial charge in [-0.3, -0.25) is 4.79 Å². The number of rotatable bonds is 6. The molecule has 7 heteroatoms. The Morgan fingerprint density at radius 2 is 1.93 bits per heavy atom. The Morgan fingerprint density at radius 3 is 2.76 bits per heavy atom. The molecule has 0 aliphatic carbocycles. The zero-order valence-corrected chi connectivity index (χ0v) is 16.6. The van der Waals surface area contributed by atoms with Crippen LogP contribution in [0.4, 0.5) is 0 Å². The average Bonchev–Trinajstić information content (AvgIpc) is 3.18. The Hall–Kier alpha value is -2.99. The van der Waals surface area contributed by atoms with Crippen LogP contribution in [0.15, 0.2) is 45.6 Å². The molecule has 0 unspecified atom stereocenters. The molecule has 3 aromatic rings. The van der Waals surface area contributed by atoms with E-state index < -0.39 is 5.63 Å². The highest BCUT2D eigenvalue weighted by Gasteiger charge is 2.15. The van der Waals surface area contributed by atoms with Crippen molar-refractivity contribution >= 4 is 28.5 Å². The Labute approximate surface area is 171 Å². The summed E-state index contributed by atoms with van der Waals surface area (Å²) in [5.74, 6) is 1.03. The van der Waals surface area contributed by atoms with Crippen LogP contribution in [0.3, 0.4) is 0 Å². The van der Waals surface area contributed by atoms with E-state index in [-0.39, 0.29) is 25.8 Å². The summed E-state index contributed by atoms with van der Waals surface area (Å²) in [6.07, 6.45) is 1.44. The van der Waals surface area contributed by atoms with Crippen LogP contribution >= 0.6 is 11.6 Å². The maximum Gasteiger partial charge on any atom is 0.336 e. The predicted octanol–water partition coefficient (Wildman–Crippen LogP) is 4.41. The van der Waals surface area contributed by atoms with Crippen LogP contribution in [-0.2, 0) is 29.0 Å². The van der Waals surface area contributed by atoms with Crippen molar-refractivity contribution in [2.75, 3.05) is 6.79 Å². The molecule has 1 aliphatic rings. The zero-order valence-electron chi connectivity index (χ0n) is 15.8. The van der Waals surface area contributed by atoms with Crippen molar-refractivity contribution in [2.24, 2.45) is 0 Å². The Balaban J connectivity index is 1.43. The first kappa shape index (κ1) is 19.3. The van der Waals surface area contributed by atoms with Crippen LogP contribution in [-0.4, -0.2) is 12.8 Å². The minimum atomic E-state index is -0.492. The van der Waals surface area contributed by atoms with Crippen LogP contribution in [0.2, 0.25) is 5.02 Å². The molecule has 4 rings (SSSR count). The van der Waals surface area contributed by atoms with Crippen LogP contribution in [0.5, 0.6) is 11.5 Å². The van der Waals surface area contributed by atoms with Gasteiger partial charge < -0.3 is 18.6 Å². The highest BCUT2D eigenvalue weighted by Crippen LogP contribution is 2.33. The van der Waals surface area contributed by atoms with E-state index in [9.17, 15) is 9.59 Å². The number of carbonyl (C=O) groups excluding carboxylic acids is 1. The van der Waals surface area contributed by atoms with Crippen molar-refractivity contribution in [3.63, 3.8) is 0 Å². The molecule has 0 amide bonds. The van der Waals surface area contributed by atoms with Gasteiger partial charge in [0.25, 0.3) is 0 Å². The molecule has 6 nitrogen and oxygen atoms in total. The molecular weight excluding hydrogens is 396 g/mol. The van der Waals surface area contributed by atoms with Gasteiger partial charge in [0.1, 0.15) is 12.2 Å². The van der Waals surface area contributed by atoms with E-state index in [2.05, 4.69) is 0 Å². The quantitative estimate of drug-likeness (QED) is 0.439. The lowest BCUT2D eigenvalue weighted by molar-refractivity contribution is -0.144. The van der Waals surface area contributed by atoms with E-state index in [0.717, 1.165) is 17.5 Å². The highest BCUT2D eigenvalue weighted by molar-refractivity contribution is 6.32. The lowest BCUT2D eigenvalue weighted by Gasteiger charge is -2.09.